The second-order valence-corrected chi connectivity index (χ2v) is 3.90. The first-order valence-electron chi connectivity index (χ1n) is 3.15. The van der Waals surface area contributed by atoms with Crippen molar-refractivity contribution in [3.05, 3.63) is 27.7 Å². The molecule has 60 valence electrons. The van der Waals surface area contributed by atoms with Crippen LogP contribution in [-0.2, 0) is 0 Å². The normalized spacial score (nSPS) is 10.2. The molecule has 0 saturated heterocycles. The quantitative estimate of drug-likeness (QED) is 0.626. The monoisotopic (exact) mass is 206 g/mol. The van der Waals surface area contributed by atoms with E-state index in [0.717, 1.165) is 20.5 Å². The van der Waals surface area contributed by atoms with Crippen LogP contribution in [0.5, 0.6) is 0 Å². The number of hydrogen-bond donors (Lipinski definition) is 0. The van der Waals surface area contributed by atoms with Crippen LogP contribution in [0.2, 0.25) is 10.0 Å². The maximum atomic E-state index is 5.92. The third-order valence-electron chi connectivity index (χ3n) is 1.43. The van der Waals surface area contributed by atoms with Crippen molar-refractivity contribution < 1.29 is 0 Å². The van der Waals surface area contributed by atoms with Gasteiger partial charge in [-0.2, -0.15) is 0 Å². The summed E-state index contributed by atoms with van der Waals surface area (Å²) < 4.78 is 0. The minimum atomic E-state index is 0.777. The van der Waals surface area contributed by atoms with Gasteiger partial charge in [-0.1, -0.05) is 23.2 Å². The van der Waals surface area contributed by atoms with Gasteiger partial charge in [0.25, 0.3) is 0 Å². The molecule has 0 atom stereocenters. The van der Waals surface area contributed by atoms with E-state index in [2.05, 4.69) is 0 Å². The van der Waals surface area contributed by atoms with Crippen LogP contribution in [0.15, 0.2) is 17.0 Å². The fourth-order valence-electron chi connectivity index (χ4n) is 0.784. The number of hydrogen-bond acceptors (Lipinski definition) is 1. The van der Waals surface area contributed by atoms with Crippen LogP contribution in [0, 0.1) is 6.92 Å². The number of benzene rings is 1. The number of aryl methyl sites for hydroxylation is 1. The molecule has 1 aromatic rings. The van der Waals surface area contributed by atoms with E-state index in [4.69, 9.17) is 23.2 Å². The van der Waals surface area contributed by atoms with Crippen LogP contribution >= 0.6 is 35.0 Å². The Morgan fingerprint density at radius 1 is 1.18 bits per heavy atom. The van der Waals surface area contributed by atoms with Gasteiger partial charge in [-0.05, 0) is 30.9 Å². The highest BCUT2D eigenvalue weighted by molar-refractivity contribution is 7.98. The van der Waals surface area contributed by atoms with Gasteiger partial charge in [0, 0.05) is 9.92 Å². The van der Waals surface area contributed by atoms with Crippen molar-refractivity contribution in [2.45, 2.75) is 11.8 Å². The van der Waals surface area contributed by atoms with E-state index in [1.807, 2.05) is 25.3 Å². The molecule has 0 N–H and O–H groups in total. The molecule has 1 rings (SSSR count). The summed E-state index contributed by atoms with van der Waals surface area (Å²) in [5.74, 6) is 0. The number of thioether (sulfide) groups is 1. The minimum absolute atomic E-state index is 0.777. The van der Waals surface area contributed by atoms with Gasteiger partial charge >= 0.3 is 0 Å². The summed E-state index contributed by atoms with van der Waals surface area (Å²) in [4.78, 5) is 1.03. The van der Waals surface area contributed by atoms with Crippen LogP contribution in [0.3, 0.4) is 0 Å². The molecule has 0 radical (unpaired) electrons. The second kappa shape index (κ2) is 3.70. The molecule has 0 bridgehead atoms. The summed E-state index contributed by atoms with van der Waals surface area (Å²) >= 11 is 13.4. The van der Waals surface area contributed by atoms with Gasteiger partial charge in [0.15, 0.2) is 0 Å². The van der Waals surface area contributed by atoms with E-state index in [9.17, 15) is 0 Å². The molecule has 0 aromatic heterocycles. The fourth-order valence-corrected chi connectivity index (χ4v) is 1.95. The Kier molecular flexibility index (Phi) is 3.11. The van der Waals surface area contributed by atoms with Gasteiger partial charge in [-0.25, -0.2) is 0 Å². The molecule has 0 heterocycles. The predicted molar refractivity (Wildman–Crippen MR) is 53.0 cm³/mol. The average molecular weight is 207 g/mol. The van der Waals surface area contributed by atoms with Crippen LogP contribution in [-0.4, -0.2) is 6.26 Å². The van der Waals surface area contributed by atoms with Gasteiger partial charge in [0.2, 0.25) is 0 Å². The first kappa shape index (κ1) is 9.24. The zero-order valence-corrected chi connectivity index (χ0v) is 8.65. The molecule has 0 amide bonds. The van der Waals surface area contributed by atoms with Crippen molar-refractivity contribution in [1.29, 1.82) is 0 Å². The molecule has 0 saturated carbocycles. The molecular weight excluding hydrogens is 199 g/mol. The molecule has 0 aliphatic heterocycles. The Bertz CT molecular complexity index is 271. The second-order valence-electron chi connectivity index (χ2n) is 2.24. The molecule has 0 aliphatic rings. The maximum Gasteiger partial charge on any atom is 0.0545 e. The van der Waals surface area contributed by atoms with Crippen molar-refractivity contribution in [3.8, 4) is 0 Å². The fraction of sp³-hybridized carbons (Fsp3) is 0.250. The lowest BCUT2D eigenvalue weighted by atomic mass is 10.2. The summed E-state index contributed by atoms with van der Waals surface area (Å²) in [7, 11) is 0. The van der Waals surface area contributed by atoms with Gasteiger partial charge in [0.1, 0.15) is 0 Å². The summed E-state index contributed by atoms with van der Waals surface area (Å²) in [6.07, 6.45) is 1.98. The molecule has 1 aromatic carbocycles. The molecule has 3 heteroatoms. The van der Waals surface area contributed by atoms with E-state index >= 15 is 0 Å². The lowest BCUT2D eigenvalue weighted by Gasteiger charge is -2.03. The highest BCUT2D eigenvalue weighted by Gasteiger charge is 2.02. The Morgan fingerprint density at radius 3 is 2.36 bits per heavy atom. The summed E-state index contributed by atoms with van der Waals surface area (Å²) in [5, 5.41) is 1.55. The van der Waals surface area contributed by atoms with E-state index in [1.54, 1.807) is 11.8 Å². The molecule has 11 heavy (non-hydrogen) atoms. The van der Waals surface area contributed by atoms with Gasteiger partial charge in [-0.15, -0.1) is 11.8 Å². The van der Waals surface area contributed by atoms with Crippen molar-refractivity contribution >= 4 is 35.0 Å². The Hall–Kier alpha value is 0.150. The third kappa shape index (κ3) is 2.05. The Labute approximate surface area is 80.9 Å². The van der Waals surface area contributed by atoms with Crippen molar-refractivity contribution in [2.75, 3.05) is 6.26 Å². The Morgan fingerprint density at radius 2 is 1.82 bits per heavy atom. The first-order chi connectivity index (χ1) is 5.15. The Balaban J connectivity index is 3.21. The number of halogens is 2. The predicted octanol–water partition coefficient (Wildman–Crippen LogP) is 4.02. The highest BCUT2D eigenvalue weighted by atomic mass is 35.5. The van der Waals surface area contributed by atoms with E-state index in [1.165, 1.54) is 0 Å². The van der Waals surface area contributed by atoms with Crippen LogP contribution in [0.25, 0.3) is 0 Å². The van der Waals surface area contributed by atoms with Crippen LogP contribution in [0.4, 0.5) is 0 Å². The third-order valence-corrected chi connectivity index (χ3v) is 3.04. The molecule has 0 fully saturated rings. The van der Waals surface area contributed by atoms with E-state index in [-0.39, 0.29) is 0 Å². The van der Waals surface area contributed by atoms with Crippen molar-refractivity contribution in [2.24, 2.45) is 0 Å². The SMILES string of the molecule is CSc1cc(Cl)c(C)cc1Cl. The van der Waals surface area contributed by atoms with E-state index < -0.39 is 0 Å². The smallest absolute Gasteiger partial charge is 0.0545 e. The van der Waals surface area contributed by atoms with Gasteiger partial charge in [0.05, 0.1) is 5.02 Å². The topological polar surface area (TPSA) is 0 Å². The maximum absolute atomic E-state index is 5.92. The first-order valence-corrected chi connectivity index (χ1v) is 5.13. The van der Waals surface area contributed by atoms with Crippen molar-refractivity contribution in [3.63, 3.8) is 0 Å². The number of rotatable bonds is 1. The van der Waals surface area contributed by atoms with Crippen molar-refractivity contribution in [1.82, 2.24) is 0 Å². The highest BCUT2D eigenvalue weighted by Crippen LogP contribution is 2.30. The van der Waals surface area contributed by atoms with Crippen LogP contribution in [0.1, 0.15) is 5.56 Å². The lowest BCUT2D eigenvalue weighted by Crippen LogP contribution is -1.78. The zero-order valence-electron chi connectivity index (χ0n) is 6.32. The largest absolute Gasteiger partial charge is 0.128 e. The van der Waals surface area contributed by atoms with E-state index in [0.29, 0.717) is 0 Å². The molecule has 0 unspecified atom stereocenters. The van der Waals surface area contributed by atoms with Gasteiger partial charge in [-0.3, -0.25) is 0 Å². The molecule has 0 nitrogen and oxygen atoms in total. The molecule has 0 spiro atoms. The minimum Gasteiger partial charge on any atom is -0.128 e. The zero-order chi connectivity index (χ0) is 8.43. The molecule has 0 aliphatic carbocycles. The van der Waals surface area contributed by atoms with Crippen LogP contribution < -0.4 is 0 Å². The standard InChI is InChI=1S/C8H8Cl2S/c1-5-3-7(10)8(11-2)4-6(5)9/h3-4H,1-2H3. The average Bonchev–Trinajstić information content (AvgIpc) is 1.97. The summed E-state index contributed by atoms with van der Waals surface area (Å²) in [6.45, 7) is 1.94. The summed E-state index contributed by atoms with van der Waals surface area (Å²) in [6, 6.07) is 3.78. The van der Waals surface area contributed by atoms with Gasteiger partial charge < -0.3 is 0 Å². The summed E-state index contributed by atoms with van der Waals surface area (Å²) in [5.41, 5.74) is 1.02. The lowest BCUT2D eigenvalue weighted by molar-refractivity contribution is 1.38. The molecular formula is C8H8Cl2S.